The second-order valence-electron chi connectivity index (χ2n) is 5.12. The molecule has 136 valence electrons. The van der Waals surface area contributed by atoms with Crippen LogP contribution in [0.25, 0.3) is 0 Å². The van der Waals surface area contributed by atoms with Crippen molar-refractivity contribution < 1.29 is 17.7 Å². The van der Waals surface area contributed by atoms with E-state index in [1.807, 2.05) is 0 Å². The molecule has 2 aromatic carbocycles. The number of anilines is 2. The lowest BCUT2D eigenvalue weighted by Gasteiger charge is -2.28. The largest absolute Gasteiger partial charge is 0.820 e. The van der Waals surface area contributed by atoms with Crippen molar-refractivity contribution in [2.24, 2.45) is 11.5 Å². The summed E-state index contributed by atoms with van der Waals surface area (Å²) in [5.74, 6) is 1.01. The van der Waals surface area contributed by atoms with Crippen molar-refractivity contribution in [3.8, 4) is 11.5 Å². The lowest BCUT2D eigenvalue weighted by Crippen LogP contribution is -2.56. The Labute approximate surface area is 148 Å². The van der Waals surface area contributed by atoms with Crippen LogP contribution in [0.3, 0.4) is 0 Å². The minimum Gasteiger partial charge on any atom is -0.471 e. The quantitative estimate of drug-likeness (QED) is 0.356. The van der Waals surface area contributed by atoms with Crippen molar-refractivity contribution in [3.05, 3.63) is 48.5 Å². The van der Waals surface area contributed by atoms with Crippen LogP contribution in [0, 0.1) is 0 Å². The van der Waals surface area contributed by atoms with Crippen molar-refractivity contribution in [1.29, 1.82) is 0 Å². The Bertz CT molecular complexity index is 582. The van der Waals surface area contributed by atoms with E-state index in [1.54, 1.807) is 48.5 Å². The molecule has 0 saturated carbocycles. The fourth-order valence-electron chi connectivity index (χ4n) is 1.91. The molecular weight excluding hydrogens is 340 g/mol. The first-order valence-corrected chi connectivity index (χ1v) is 9.47. The van der Waals surface area contributed by atoms with Crippen molar-refractivity contribution >= 4 is 20.4 Å². The first kappa shape index (κ1) is 19.0. The zero-order valence-corrected chi connectivity index (χ0v) is 14.9. The molecule has 2 rings (SSSR count). The van der Waals surface area contributed by atoms with Gasteiger partial charge in [0.2, 0.25) is 0 Å². The van der Waals surface area contributed by atoms with Crippen LogP contribution in [0.2, 0.25) is 0 Å². The first-order chi connectivity index (χ1) is 12.1. The highest BCUT2D eigenvalue weighted by atomic mass is 28.4. The average molecular weight is 364 g/mol. The normalized spacial score (nSPS) is 11.3. The molecule has 9 heteroatoms. The molecule has 0 atom stereocenters. The molecule has 0 fully saturated rings. The molecule has 0 heterocycles. The second-order valence-corrected chi connectivity index (χ2v) is 7.10. The molecule has 0 unspecified atom stereocenters. The Morgan fingerprint density at radius 2 is 1.00 bits per heavy atom. The highest BCUT2D eigenvalue weighted by Gasteiger charge is 2.51. The topological polar surface area (TPSA) is 141 Å². The summed E-state index contributed by atoms with van der Waals surface area (Å²) in [4.78, 5) is 0. The van der Waals surface area contributed by atoms with Crippen LogP contribution in [0.1, 0.15) is 0 Å². The van der Waals surface area contributed by atoms with Crippen LogP contribution in [0.5, 0.6) is 11.5 Å². The van der Waals surface area contributed by atoms with E-state index in [4.69, 9.17) is 40.6 Å². The van der Waals surface area contributed by atoms with Gasteiger partial charge in [0, 0.05) is 24.5 Å². The molecule has 0 amide bonds. The molecule has 0 saturated heterocycles. The number of nitrogens with two attached hydrogens (primary N) is 4. The monoisotopic (exact) mass is 364 g/mol. The maximum absolute atomic E-state index is 5.97. The number of hydrogen-bond acceptors (Lipinski definition) is 8. The van der Waals surface area contributed by atoms with Crippen LogP contribution in [-0.2, 0) is 8.85 Å². The van der Waals surface area contributed by atoms with Gasteiger partial charge in [0.15, 0.2) is 0 Å². The summed E-state index contributed by atoms with van der Waals surface area (Å²) < 4.78 is 23.5. The van der Waals surface area contributed by atoms with Gasteiger partial charge in [0.25, 0.3) is 0 Å². The first-order valence-electron chi connectivity index (χ1n) is 7.84. The fourth-order valence-corrected chi connectivity index (χ4v) is 3.85. The molecule has 0 aliphatic rings. The molecular formula is C16H24N4O4Si. The van der Waals surface area contributed by atoms with Gasteiger partial charge in [0.05, 0.1) is 13.2 Å². The highest BCUT2D eigenvalue weighted by Crippen LogP contribution is 2.24. The van der Waals surface area contributed by atoms with Crippen LogP contribution in [-0.4, -0.2) is 35.4 Å². The second kappa shape index (κ2) is 9.25. The minimum atomic E-state index is -3.60. The molecule has 0 aromatic heterocycles. The standard InChI is InChI=1S/C16H24N4O4Si/c17-9-11-21-25(22-12-10-18,23-15-5-1-13(19)2-6-15)24-16-7-3-14(20)4-8-16/h1-8H,9-12,17-20H2. The van der Waals surface area contributed by atoms with Crippen molar-refractivity contribution in [2.75, 3.05) is 37.8 Å². The van der Waals surface area contributed by atoms with Gasteiger partial charge in [-0.3, -0.25) is 0 Å². The Kier molecular flexibility index (Phi) is 7.04. The van der Waals surface area contributed by atoms with Gasteiger partial charge in [-0.25, -0.2) is 0 Å². The smallest absolute Gasteiger partial charge is 0.471 e. The van der Waals surface area contributed by atoms with E-state index in [0.717, 1.165) is 0 Å². The SMILES string of the molecule is NCCO[Si](OCCN)(Oc1ccc(N)cc1)Oc1ccc(N)cc1. The van der Waals surface area contributed by atoms with Crippen LogP contribution >= 0.6 is 0 Å². The van der Waals surface area contributed by atoms with E-state index in [0.29, 0.717) is 22.9 Å². The Balaban J connectivity index is 2.27. The predicted octanol–water partition coefficient (Wildman–Crippen LogP) is 0.695. The Morgan fingerprint density at radius 1 is 0.640 bits per heavy atom. The van der Waals surface area contributed by atoms with E-state index < -0.39 is 9.05 Å². The van der Waals surface area contributed by atoms with Gasteiger partial charge in [-0.2, -0.15) is 0 Å². The van der Waals surface area contributed by atoms with Gasteiger partial charge in [-0.15, -0.1) is 0 Å². The summed E-state index contributed by atoms with van der Waals surface area (Å²) in [6, 6.07) is 13.7. The average Bonchev–Trinajstić information content (AvgIpc) is 2.62. The maximum atomic E-state index is 5.97. The molecule has 0 spiro atoms. The summed E-state index contributed by atoms with van der Waals surface area (Å²) in [6.07, 6.45) is 0. The van der Waals surface area contributed by atoms with E-state index in [1.165, 1.54) is 0 Å². The van der Waals surface area contributed by atoms with Gasteiger partial charge >= 0.3 is 9.05 Å². The molecule has 8 N–H and O–H groups in total. The van der Waals surface area contributed by atoms with Crippen LogP contribution in [0.15, 0.2) is 48.5 Å². The highest BCUT2D eigenvalue weighted by molar-refractivity contribution is 6.55. The molecule has 0 bridgehead atoms. The maximum Gasteiger partial charge on any atom is 0.820 e. The van der Waals surface area contributed by atoms with Gasteiger partial charge in [-0.1, -0.05) is 0 Å². The van der Waals surface area contributed by atoms with E-state index in [9.17, 15) is 0 Å². The number of hydrogen-bond donors (Lipinski definition) is 4. The lowest BCUT2D eigenvalue weighted by atomic mass is 10.3. The summed E-state index contributed by atoms with van der Waals surface area (Å²) in [7, 11) is -3.60. The Morgan fingerprint density at radius 3 is 1.32 bits per heavy atom. The zero-order chi connectivity index (χ0) is 18.1. The zero-order valence-electron chi connectivity index (χ0n) is 13.9. The Hall–Kier alpha value is -2.30. The third-order valence-corrected chi connectivity index (χ3v) is 5.13. The molecule has 25 heavy (non-hydrogen) atoms. The molecule has 0 aliphatic carbocycles. The number of rotatable bonds is 10. The fraction of sp³-hybridized carbons (Fsp3) is 0.250. The van der Waals surface area contributed by atoms with Gasteiger partial charge in [0.1, 0.15) is 11.5 Å². The third kappa shape index (κ3) is 5.92. The summed E-state index contributed by atoms with van der Waals surface area (Å²) in [5, 5.41) is 0. The summed E-state index contributed by atoms with van der Waals surface area (Å²) >= 11 is 0. The number of nitrogen functional groups attached to an aromatic ring is 2. The van der Waals surface area contributed by atoms with Crippen molar-refractivity contribution in [3.63, 3.8) is 0 Å². The number of benzene rings is 2. The summed E-state index contributed by atoms with van der Waals surface area (Å²) in [6.45, 7) is 0.995. The van der Waals surface area contributed by atoms with Crippen LogP contribution < -0.4 is 31.8 Å². The summed E-state index contributed by atoms with van der Waals surface area (Å²) in [5.41, 5.74) is 23.8. The third-order valence-electron chi connectivity index (χ3n) is 3.04. The van der Waals surface area contributed by atoms with Gasteiger partial charge < -0.3 is 40.6 Å². The molecule has 0 radical (unpaired) electrons. The van der Waals surface area contributed by atoms with Crippen molar-refractivity contribution in [1.82, 2.24) is 0 Å². The van der Waals surface area contributed by atoms with Gasteiger partial charge in [-0.05, 0) is 48.5 Å². The molecule has 2 aromatic rings. The lowest BCUT2D eigenvalue weighted by molar-refractivity contribution is 0.0456. The van der Waals surface area contributed by atoms with E-state index >= 15 is 0 Å². The van der Waals surface area contributed by atoms with E-state index in [-0.39, 0.29) is 26.3 Å². The predicted molar refractivity (Wildman–Crippen MR) is 98.7 cm³/mol. The van der Waals surface area contributed by atoms with Crippen LogP contribution in [0.4, 0.5) is 11.4 Å². The minimum absolute atomic E-state index is 0.209. The molecule has 8 nitrogen and oxygen atoms in total. The van der Waals surface area contributed by atoms with Crippen molar-refractivity contribution in [2.45, 2.75) is 0 Å². The van der Waals surface area contributed by atoms with E-state index in [2.05, 4.69) is 0 Å². The molecule has 0 aliphatic heterocycles.